The number of carbonyl (C=O) groups is 2. The van der Waals surface area contributed by atoms with Crippen LogP contribution in [-0.2, 0) is 32.2 Å². The summed E-state index contributed by atoms with van der Waals surface area (Å²) in [5.74, 6) is -1.80. The fourth-order valence-electron chi connectivity index (χ4n) is 2.20. The summed E-state index contributed by atoms with van der Waals surface area (Å²) >= 11 is 0. The van der Waals surface area contributed by atoms with E-state index < -0.39 is 11.9 Å². The highest BCUT2D eigenvalue weighted by molar-refractivity contribution is 6.32. The average molecular weight is 333 g/mol. The number of nitrogens with one attached hydrogen (secondary N) is 1. The van der Waals surface area contributed by atoms with E-state index in [9.17, 15) is 14.4 Å². The number of nitrogens with zero attached hydrogens (tertiary/aromatic N) is 2. The molecule has 0 fully saturated rings. The van der Waals surface area contributed by atoms with Gasteiger partial charge < -0.3 is 14.8 Å². The number of carbonyl (C=O) groups excluding carboxylic acids is 2. The predicted octanol–water partition coefficient (Wildman–Crippen LogP) is 0.222. The van der Waals surface area contributed by atoms with E-state index in [0.717, 1.165) is 0 Å². The fraction of sp³-hybridized carbons (Fsp3) is 0.375. The normalized spacial score (nSPS) is 10.6. The second kappa shape index (κ2) is 8.21. The van der Waals surface area contributed by atoms with Crippen molar-refractivity contribution in [2.45, 2.75) is 20.0 Å². The Morgan fingerprint density at radius 2 is 1.96 bits per heavy atom. The minimum atomic E-state index is -0.950. The van der Waals surface area contributed by atoms with Crippen molar-refractivity contribution in [1.82, 2.24) is 15.1 Å². The molecule has 0 aliphatic rings. The van der Waals surface area contributed by atoms with Crippen LogP contribution < -0.4 is 10.9 Å². The number of aromatic nitrogens is 2. The number of hydrogen-bond acceptors (Lipinski definition) is 6. The molecule has 1 aromatic heterocycles. The molecular weight excluding hydrogens is 314 g/mol. The van der Waals surface area contributed by atoms with E-state index in [4.69, 9.17) is 4.74 Å². The molecule has 0 saturated heterocycles. The van der Waals surface area contributed by atoms with Gasteiger partial charge in [0, 0.05) is 12.5 Å². The number of amides is 1. The molecule has 0 saturated carbocycles. The van der Waals surface area contributed by atoms with Crippen molar-refractivity contribution in [2.24, 2.45) is 0 Å². The van der Waals surface area contributed by atoms with Crippen LogP contribution in [0.3, 0.4) is 0 Å². The van der Waals surface area contributed by atoms with Gasteiger partial charge in [-0.1, -0.05) is 18.2 Å². The first-order valence-corrected chi connectivity index (χ1v) is 7.51. The molecule has 2 rings (SSSR count). The Labute approximate surface area is 138 Å². The van der Waals surface area contributed by atoms with E-state index in [-0.39, 0.29) is 18.7 Å². The first-order valence-electron chi connectivity index (χ1n) is 7.51. The lowest BCUT2D eigenvalue weighted by Crippen LogP contribution is -2.34. The lowest BCUT2D eigenvalue weighted by Gasteiger charge is -2.11. The maximum Gasteiger partial charge on any atom is 0.396 e. The third-order valence-electron chi connectivity index (χ3n) is 3.33. The number of rotatable bonds is 6. The summed E-state index contributed by atoms with van der Waals surface area (Å²) in [6.45, 7) is 2.37. The van der Waals surface area contributed by atoms with E-state index in [1.54, 1.807) is 31.2 Å². The van der Waals surface area contributed by atoms with E-state index >= 15 is 0 Å². The van der Waals surface area contributed by atoms with Crippen LogP contribution in [0.15, 0.2) is 29.1 Å². The highest BCUT2D eigenvalue weighted by Gasteiger charge is 2.16. The summed E-state index contributed by atoms with van der Waals surface area (Å²) in [6.07, 6.45) is 0. The number of fused-ring (bicyclic) bond motifs is 1. The lowest BCUT2D eigenvalue weighted by molar-refractivity contribution is -0.154. The Morgan fingerprint density at radius 1 is 1.25 bits per heavy atom. The molecule has 0 aliphatic heterocycles. The molecule has 1 amide bonds. The van der Waals surface area contributed by atoms with Gasteiger partial charge in [-0.25, -0.2) is 9.48 Å². The van der Waals surface area contributed by atoms with Crippen LogP contribution in [-0.4, -0.2) is 42.0 Å². The molecule has 0 bridgehead atoms. The van der Waals surface area contributed by atoms with Crippen molar-refractivity contribution in [2.75, 3.05) is 20.3 Å². The van der Waals surface area contributed by atoms with Gasteiger partial charge >= 0.3 is 11.9 Å². The van der Waals surface area contributed by atoms with E-state index in [2.05, 4.69) is 15.2 Å². The maximum absolute atomic E-state index is 12.4. The average Bonchev–Trinajstić information content (AvgIpc) is 2.60. The van der Waals surface area contributed by atoms with Gasteiger partial charge in [-0.2, -0.15) is 5.10 Å². The third-order valence-corrected chi connectivity index (χ3v) is 3.33. The summed E-state index contributed by atoms with van der Waals surface area (Å²) in [5.41, 5.74) is 0.252. The van der Waals surface area contributed by atoms with Crippen LogP contribution in [0.4, 0.5) is 0 Å². The maximum atomic E-state index is 12.4. The van der Waals surface area contributed by atoms with E-state index in [1.807, 2.05) is 0 Å². The summed E-state index contributed by atoms with van der Waals surface area (Å²) in [6, 6.07) is 6.97. The van der Waals surface area contributed by atoms with Crippen LogP contribution in [0, 0.1) is 0 Å². The molecule has 0 aliphatic carbocycles. The summed E-state index contributed by atoms with van der Waals surface area (Å²) in [4.78, 5) is 35.4. The number of methoxy groups -OCH3 is 1. The number of ether oxygens (including phenoxy) is 2. The molecule has 1 N–H and O–H groups in total. The first kappa shape index (κ1) is 17.6. The van der Waals surface area contributed by atoms with E-state index in [0.29, 0.717) is 29.6 Å². The minimum absolute atomic E-state index is 0.00538. The van der Waals surface area contributed by atoms with Gasteiger partial charge in [0.1, 0.15) is 0 Å². The van der Waals surface area contributed by atoms with Gasteiger partial charge in [0.25, 0.3) is 5.56 Å². The zero-order chi connectivity index (χ0) is 17.5. The number of esters is 1. The molecule has 2 aromatic rings. The van der Waals surface area contributed by atoms with Crippen LogP contribution in [0.25, 0.3) is 10.8 Å². The first-order chi connectivity index (χ1) is 11.6. The van der Waals surface area contributed by atoms with Crippen LogP contribution >= 0.6 is 0 Å². The van der Waals surface area contributed by atoms with Crippen molar-refractivity contribution in [3.8, 4) is 0 Å². The van der Waals surface area contributed by atoms with Gasteiger partial charge in [0.15, 0.2) is 0 Å². The smallest absolute Gasteiger partial charge is 0.396 e. The van der Waals surface area contributed by atoms with Crippen molar-refractivity contribution in [3.63, 3.8) is 0 Å². The molecular formula is C16H19N3O5. The molecule has 0 unspecified atom stereocenters. The quantitative estimate of drug-likeness (QED) is 0.600. The largest absolute Gasteiger partial charge is 0.459 e. The third kappa shape index (κ3) is 3.96. The zero-order valence-electron chi connectivity index (χ0n) is 13.6. The Balaban J connectivity index is 2.31. The summed E-state index contributed by atoms with van der Waals surface area (Å²) in [7, 11) is 1.53. The van der Waals surface area contributed by atoms with Crippen molar-refractivity contribution in [1.29, 1.82) is 0 Å². The van der Waals surface area contributed by atoms with Gasteiger partial charge in [0.2, 0.25) is 0 Å². The molecule has 0 radical (unpaired) electrons. The van der Waals surface area contributed by atoms with Crippen LogP contribution in [0.1, 0.15) is 12.6 Å². The predicted molar refractivity (Wildman–Crippen MR) is 86.4 cm³/mol. The standard InChI is InChI=1S/C16H19N3O5/c1-3-24-16(22)14(20)17-10-13-11-6-4-5-7-12(11)15(21)19(18-13)8-9-23-2/h4-7H,3,8-10H2,1-2H3,(H,17,20). The van der Waals surface area contributed by atoms with Crippen molar-refractivity contribution < 1.29 is 19.1 Å². The minimum Gasteiger partial charge on any atom is -0.459 e. The second-order valence-electron chi connectivity index (χ2n) is 4.92. The molecule has 0 spiro atoms. The second-order valence-corrected chi connectivity index (χ2v) is 4.92. The monoisotopic (exact) mass is 333 g/mol. The summed E-state index contributed by atoms with van der Waals surface area (Å²) < 4.78 is 10.9. The highest BCUT2D eigenvalue weighted by Crippen LogP contribution is 2.13. The van der Waals surface area contributed by atoms with Crippen molar-refractivity contribution in [3.05, 3.63) is 40.3 Å². The molecule has 8 heteroatoms. The Kier molecular flexibility index (Phi) is 6.02. The molecule has 128 valence electrons. The SMILES string of the molecule is CCOC(=O)C(=O)NCc1nn(CCOC)c(=O)c2ccccc12. The molecule has 24 heavy (non-hydrogen) atoms. The Morgan fingerprint density at radius 3 is 2.62 bits per heavy atom. The van der Waals surface area contributed by atoms with Gasteiger partial charge in [0.05, 0.1) is 37.4 Å². The van der Waals surface area contributed by atoms with E-state index in [1.165, 1.54) is 11.8 Å². The van der Waals surface area contributed by atoms with Gasteiger partial charge in [-0.05, 0) is 13.0 Å². The van der Waals surface area contributed by atoms with Gasteiger partial charge in [-0.3, -0.25) is 9.59 Å². The number of hydrogen-bond donors (Lipinski definition) is 1. The highest BCUT2D eigenvalue weighted by atomic mass is 16.5. The zero-order valence-corrected chi connectivity index (χ0v) is 13.6. The number of benzene rings is 1. The van der Waals surface area contributed by atoms with Crippen LogP contribution in [0.2, 0.25) is 0 Å². The lowest BCUT2D eigenvalue weighted by atomic mass is 10.1. The van der Waals surface area contributed by atoms with Crippen molar-refractivity contribution >= 4 is 22.6 Å². The molecule has 1 heterocycles. The Hall–Kier alpha value is -2.74. The van der Waals surface area contributed by atoms with Gasteiger partial charge in [-0.15, -0.1) is 0 Å². The summed E-state index contributed by atoms with van der Waals surface area (Å²) in [5, 5.41) is 7.84. The topological polar surface area (TPSA) is 99.5 Å². The Bertz CT molecular complexity index is 800. The molecule has 8 nitrogen and oxygen atoms in total. The molecule has 0 atom stereocenters. The van der Waals surface area contributed by atoms with Crippen LogP contribution in [0.5, 0.6) is 0 Å². The fourth-order valence-corrected chi connectivity index (χ4v) is 2.20. The molecule has 1 aromatic carbocycles.